The zero-order valence-electron chi connectivity index (χ0n) is 15.5. The molecule has 1 fully saturated rings. The highest BCUT2D eigenvalue weighted by Crippen LogP contribution is 2.26. The minimum atomic E-state index is -3.21. The normalized spacial score (nSPS) is 15.7. The molecule has 1 aliphatic heterocycles. The van der Waals surface area contributed by atoms with Gasteiger partial charge in [0.1, 0.15) is 5.69 Å². The smallest absolute Gasteiger partial charge is 0.272 e. The molecule has 1 aromatic carbocycles. The Hall–Kier alpha value is -2.65. The number of benzene rings is 1. The highest BCUT2D eigenvalue weighted by molar-refractivity contribution is 7.93. The summed E-state index contributed by atoms with van der Waals surface area (Å²) < 4.78 is 27.2. The van der Waals surface area contributed by atoms with Gasteiger partial charge in [-0.15, -0.1) is 11.3 Å². The average Bonchev–Trinajstić information content (AvgIpc) is 3.34. The predicted molar refractivity (Wildman–Crippen MR) is 111 cm³/mol. The summed E-state index contributed by atoms with van der Waals surface area (Å²) in [6.07, 6.45) is 2.51. The standard InChI is InChI=1S/C19H20N4O3S2/c1-13-20-17(12-27-13)14-10-18(22(2)11-14)19(24)21-15-4-6-16(7-5-15)23-8-3-9-28(23,25)26/h4-7,10-12H,3,8-9H2,1-2H3,(H,21,24). The van der Waals surface area contributed by atoms with Crippen molar-refractivity contribution in [2.24, 2.45) is 7.05 Å². The molecule has 3 aromatic rings. The van der Waals surface area contributed by atoms with Crippen LogP contribution in [-0.4, -0.2) is 36.2 Å². The van der Waals surface area contributed by atoms with Crippen LogP contribution in [0.15, 0.2) is 41.9 Å². The molecular formula is C19H20N4O3S2. The van der Waals surface area contributed by atoms with Crippen LogP contribution in [0.2, 0.25) is 0 Å². The molecule has 7 nitrogen and oxygen atoms in total. The van der Waals surface area contributed by atoms with Gasteiger partial charge >= 0.3 is 0 Å². The van der Waals surface area contributed by atoms with E-state index in [-0.39, 0.29) is 11.7 Å². The first-order chi connectivity index (χ1) is 13.3. The lowest BCUT2D eigenvalue weighted by atomic mass is 10.2. The van der Waals surface area contributed by atoms with E-state index in [1.54, 1.807) is 40.2 Å². The Balaban J connectivity index is 1.50. The monoisotopic (exact) mass is 416 g/mol. The average molecular weight is 417 g/mol. The molecule has 1 amide bonds. The molecule has 28 heavy (non-hydrogen) atoms. The van der Waals surface area contributed by atoms with Gasteiger partial charge in [0.15, 0.2) is 0 Å². The van der Waals surface area contributed by atoms with Crippen molar-refractivity contribution in [3.63, 3.8) is 0 Å². The molecule has 1 N–H and O–H groups in total. The minimum absolute atomic E-state index is 0.180. The van der Waals surface area contributed by atoms with E-state index < -0.39 is 10.0 Å². The number of nitrogens with zero attached hydrogens (tertiary/aromatic N) is 3. The van der Waals surface area contributed by atoms with E-state index in [1.165, 1.54) is 4.31 Å². The van der Waals surface area contributed by atoms with E-state index in [2.05, 4.69) is 10.3 Å². The third-order valence-corrected chi connectivity index (χ3v) is 7.31. The lowest BCUT2D eigenvalue weighted by Gasteiger charge is -2.17. The van der Waals surface area contributed by atoms with E-state index in [4.69, 9.17) is 0 Å². The van der Waals surface area contributed by atoms with Crippen LogP contribution >= 0.6 is 11.3 Å². The number of nitrogens with one attached hydrogen (secondary N) is 1. The maximum Gasteiger partial charge on any atom is 0.272 e. The summed E-state index contributed by atoms with van der Waals surface area (Å²) in [6.45, 7) is 2.44. The van der Waals surface area contributed by atoms with Crippen molar-refractivity contribution in [1.82, 2.24) is 9.55 Å². The first kappa shape index (κ1) is 18.7. The van der Waals surface area contributed by atoms with Gasteiger partial charge in [0.2, 0.25) is 10.0 Å². The Morgan fingerprint density at radius 3 is 2.61 bits per heavy atom. The van der Waals surface area contributed by atoms with Crippen LogP contribution in [0.25, 0.3) is 11.3 Å². The van der Waals surface area contributed by atoms with Crippen LogP contribution in [0.1, 0.15) is 21.9 Å². The van der Waals surface area contributed by atoms with Crippen molar-refractivity contribution in [2.75, 3.05) is 21.9 Å². The maximum atomic E-state index is 12.7. The summed E-state index contributed by atoms with van der Waals surface area (Å²) in [5, 5.41) is 5.81. The zero-order valence-corrected chi connectivity index (χ0v) is 17.2. The van der Waals surface area contributed by atoms with Gasteiger partial charge in [-0.2, -0.15) is 0 Å². The van der Waals surface area contributed by atoms with Gasteiger partial charge in [-0.3, -0.25) is 9.10 Å². The van der Waals surface area contributed by atoms with Gasteiger partial charge in [-0.1, -0.05) is 0 Å². The third kappa shape index (κ3) is 3.55. The number of carbonyl (C=O) groups is 1. The Labute approximate surface area is 167 Å². The zero-order chi connectivity index (χ0) is 19.9. The van der Waals surface area contributed by atoms with Crippen LogP contribution in [0, 0.1) is 6.92 Å². The summed E-state index contributed by atoms with van der Waals surface area (Å²) in [5.41, 5.74) is 3.50. The molecule has 0 bridgehead atoms. The largest absolute Gasteiger partial charge is 0.346 e. The third-order valence-electron chi connectivity index (χ3n) is 4.66. The molecule has 0 unspecified atom stereocenters. The number of aromatic nitrogens is 2. The van der Waals surface area contributed by atoms with Crippen molar-refractivity contribution in [1.29, 1.82) is 0 Å². The highest BCUT2D eigenvalue weighted by Gasteiger charge is 2.28. The molecule has 0 radical (unpaired) electrons. The summed E-state index contributed by atoms with van der Waals surface area (Å²) in [7, 11) is -1.39. The summed E-state index contributed by atoms with van der Waals surface area (Å²) >= 11 is 1.57. The number of hydrogen-bond donors (Lipinski definition) is 1. The van der Waals surface area contributed by atoms with Crippen LogP contribution in [-0.2, 0) is 17.1 Å². The van der Waals surface area contributed by atoms with E-state index in [0.29, 0.717) is 30.0 Å². The van der Waals surface area contributed by atoms with E-state index in [0.717, 1.165) is 16.3 Å². The number of carbonyl (C=O) groups excluding carboxylic acids is 1. The molecule has 1 aliphatic rings. The van der Waals surface area contributed by atoms with Gasteiger partial charge in [0.25, 0.3) is 5.91 Å². The molecular weight excluding hydrogens is 396 g/mol. The van der Waals surface area contributed by atoms with Crippen molar-refractivity contribution < 1.29 is 13.2 Å². The number of sulfonamides is 1. The number of anilines is 2. The summed E-state index contributed by atoms with van der Waals surface area (Å²) in [4.78, 5) is 17.1. The van der Waals surface area contributed by atoms with E-state index in [1.807, 2.05) is 31.6 Å². The Bertz CT molecular complexity index is 1130. The van der Waals surface area contributed by atoms with E-state index in [9.17, 15) is 13.2 Å². The van der Waals surface area contributed by atoms with Crippen LogP contribution in [0.3, 0.4) is 0 Å². The topological polar surface area (TPSA) is 84.3 Å². The molecule has 3 heterocycles. The number of aryl methyl sites for hydroxylation is 2. The van der Waals surface area contributed by atoms with Crippen molar-refractivity contribution >= 4 is 38.6 Å². The van der Waals surface area contributed by atoms with Gasteiger partial charge in [-0.05, 0) is 43.7 Å². The molecule has 0 saturated carbocycles. The Morgan fingerprint density at radius 1 is 1.25 bits per heavy atom. The number of rotatable bonds is 4. The molecule has 2 aromatic heterocycles. The SMILES string of the molecule is Cc1nc(-c2cc(C(=O)Nc3ccc(N4CCCS4(=O)=O)cc3)n(C)c2)cs1. The molecule has 4 rings (SSSR count). The van der Waals surface area contributed by atoms with E-state index >= 15 is 0 Å². The first-order valence-corrected chi connectivity index (χ1v) is 11.3. The number of amides is 1. The van der Waals surface area contributed by atoms with Crippen LogP contribution < -0.4 is 9.62 Å². The predicted octanol–water partition coefficient (Wildman–Crippen LogP) is 3.25. The van der Waals surface area contributed by atoms with Gasteiger partial charge in [-0.25, -0.2) is 13.4 Å². The Morgan fingerprint density at radius 2 is 2.00 bits per heavy atom. The summed E-state index contributed by atoms with van der Waals surface area (Å²) in [6, 6.07) is 8.68. The Kier molecular flexibility index (Phi) is 4.72. The fourth-order valence-corrected chi connectivity index (χ4v) is 5.45. The lowest BCUT2D eigenvalue weighted by molar-refractivity contribution is 0.101. The second kappa shape index (κ2) is 7.06. The highest BCUT2D eigenvalue weighted by atomic mass is 32.2. The summed E-state index contributed by atoms with van der Waals surface area (Å²) in [5.74, 6) is -0.0537. The van der Waals surface area contributed by atoms with Crippen LogP contribution in [0.5, 0.6) is 0 Å². The van der Waals surface area contributed by atoms with Gasteiger partial charge in [0.05, 0.1) is 22.1 Å². The van der Waals surface area contributed by atoms with Gasteiger partial charge < -0.3 is 9.88 Å². The fourth-order valence-electron chi connectivity index (χ4n) is 3.26. The molecule has 0 atom stereocenters. The molecule has 0 spiro atoms. The number of thiazole rings is 1. The quantitative estimate of drug-likeness (QED) is 0.708. The number of hydrogen-bond acceptors (Lipinski definition) is 5. The molecule has 146 valence electrons. The van der Waals surface area contributed by atoms with Crippen molar-refractivity contribution in [3.8, 4) is 11.3 Å². The molecule has 9 heteroatoms. The van der Waals surface area contributed by atoms with Crippen molar-refractivity contribution in [3.05, 3.63) is 52.6 Å². The maximum absolute atomic E-state index is 12.7. The molecule has 0 aliphatic carbocycles. The second-order valence-corrected chi connectivity index (χ2v) is 9.79. The van der Waals surface area contributed by atoms with Crippen molar-refractivity contribution in [2.45, 2.75) is 13.3 Å². The second-order valence-electron chi connectivity index (χ2n) is 6.72. The van der Waals surface area contributed by atoms with Gasteiger partial charge in [0, 0.05) is 36.4 Å². The first-order valence-electron chi connectivity index (χ1n) is 8.84. The molecule has 1 saturated heterocycles. The fraction of sp³-hybridized carbons (Fsp3) is 0.263. The lowest BCUT2D eigenvalue weighted by Crippen LogP contribution is -2.25. The minimum Gasteiger partial charge on any atom is -0.346 e. The van der Waals surface area contributed by atoms with Crippen LogP contribution in [0.4, 0.5) is 11.4 Å².